The van der Waals surface area contributed by atoms with Crippen molar-refractivity contribution in [3.05, 3.63) is 53.9 Å². The normalized spacial score (nSPS) is 15.2. The molecule has 1 aliphatic rings. The van der Waals surface area contributed by atoms with Crippen molar-refractivity contribution in [3.63, 3.8) is 0 Å². The van der Waals surface area contributed by atoms with E-state index in [0.717, 1.165) is 25.7 Å². The fraction of sp³-hybridized carbons (Fsp3) is 0.400. The summed E-state index contributed by atoms with van der Waals surface area (Å²) in [7, 11) is 0. The number of hydrogen-bond donors (Lipinski definition) is 1. The van der Waals surface area contributed by atoms with Gasteiger partial charge in [-0.3, -0.25) is 4.79 Å². The van der Waals surface area contributed by atoms with Gasteiger partial charge in [0, 0.05) is 16.7 Å². The molecule has 1 amide bonds. The van der Waals surface area contributed by atoms with Gasteiger partial charge in [0.2, 0.25) is 0 Å². The molecule has 0 radical (unpaired) electrons. The predicted molar refractivity (Wildman–Crippen MR) is 101 cm³/mol. The van der Waals surface area contributed by atoms with E-state index < -0.39 is 6.36 Å². The number of nitrogens with zero attached hydrogens (tertiary/aromatic N) is 1. The number of amides is 1. The number of carbonyl (C=O) groups excluding carboxylic acids is 1. The van der Waals surface area contributed by atoms with Crippen molar-refractivity contribution in [2.24, 2.45) is 0 Å². The molecule has 8 heteroatoms. The fourth-order valence-corrected chi connectivity index (χ4v) is 3.96. The van der Waals surface area contributed by atoms with Gasteiger partial charge in [-0.2, -0.15) is 0 Å². The second-order valence-electron chi connectivity index (χ2n) is 6.63. The van der Waals surface area contributed by atoms with Crippen molar-refractivity contribution in [3.8, 4) is 5.75 Å². The molecule has 2 aromatic rings. The van der Waals surface area contributed by atoms with Crippen LogP contribution in [-0.2, 0) is 5.75 Å². The molecule has 1 aliphatic carbocycles. The van der Waals surface area contributed by atoms with E-state index in [2.05, 4.69) is 15.0 Å². The summed E-state index contributed by atoms with van der Waals surface area (Å²) in [6.45, 7) is 0. The van der Waals surface area contributed by atoms with E-state index >= 15 is 0 Å². The number of pyridine rings is 1. The Bertz CT molecular complexity index is 808. The second kappa shape index (κ2) is 9.32. The van der Waals surface area contributed by atoms with E-state index in [1.165, 1.54) is 36.4 Å². The molecular weight excluding hydrogens is 389 g/mol. The Morgan fingerprint density at radius 1 is 1.14 bits per heavy atom. The van der Waals surface area contributed by atoms with Gasteiger partial charge in [0.1, 0.15) is 11.4 Å². The van der Waals surface area contributed by atoms with Gasteiger partial charge in [0.15, 0.2) is 0 Å². The van der Waals surface area contributed by atoms with Crippen molar-refractivity contribution < 1.29 is 22.7 Å². The van der Waals surface area contributed by atoms with E-state index in [9.17, 15) is 18.0 Å². The highest BCUT2D eigenvalue weighted by Crippen LogP contribution is 2.29. The second-order valence-corrected chi connectivity index (χ2v) is 7.68. The van der Waals surface area contributed by atoms with Gasteiger partial charge in [-0.05, 0) is 43.2 Å². The summed E-state index contributed by atoms with van der Waals surface area (Å²) in [6, 6.07) is 11.2. The van der Waals surface area contributed by atoms with Crippen molar-refractivity contribution in [1.29, 1.82) is 0 Å². The number of hydrogen-bond acceptors (Lipinski definition) is 4. The van der Waals surface area contributed by atoms with E-state index in [1.807, 2.05) is 0 Å². The van der Waals surface area contributed by atoms with Crippen molar-refractivity contribution in [2.75, 3.05) is 0 Å². The number of nitrogens with one attached hydrogen (secondary N) is 1. The largest absolute Gasteiger partial charge is 0.573 e. The molecule has 0 unspecified atom stereocenters. The SMILES string of the molecule is O=C(NC1CCCCC1)c1cccc(CSc2cccc(OC(F)(F)F)c2)n1. The number of halogens is 3. The highest BCUT2D eigenvalue weighted by atomic mass is 32.2. The van der Waals surface area contributed by atoms with Crippen LogP contribution in [0.1, 0.15) is 48.3 Å². The molecule has 1 N–H and O–H groups in total. The van der Waals surface area contributed by atoms with Gasteiger partial charge in [-0.15, -0.1) is 24.9 Å². The zero-order valence-corrected chi connectivity index (χ0v) is 16.0. The van der Waals surface area contributed by atoms with Crippen LogP contribution >= 0.6 is 11.8 Å². The standard InChI is InChI=1S/C20H21F3N2O2S/c21-20(22,23)27-16-9-5-10-17(12-16)28-13-15-8-4-11-18(24-15)19(26)25-14-6-2-1-3-7-14/h4-5,8-12,14H,1-3,6-7,13H2,(H,25,26). The van der Waals surface area contributed by atoms with Crippen LogP contribution in [-0.4, -0.2) is 23.3 Å². The Kier molecular flexibility index (Phi) is 6.83. The molecule has 0 atom stereocenters. The van der Waals surface area contributed by atoms with Gasteiger partial charge in [0.05, 0.1) is 5.69 Å². The Morgan fingerprint density at radius 3 is 2.64 bits per heavy atom. The topological polar surface area (TPSA) is 51.2 Å². The number of aromatic nitrogens is 1. The first-order chi connectivity index (χ1) is 13.4. The molecule has 0 aliphatic heterocycles. The van der Waals surface area contributed by atoms with Crippen LogP contribution in [0.15, 0.2) is 47.4 Å². The molecule has 0 saturated heterocycles. The highest BCUT2D eigenvalue weighted by molar-refractivity contribution is 7.98. The minimum absolute atomic E-state index is 0.181. The third-order valence-corrected chi connectivity index (χ3v) is 5.43. The summed E-state index contributed by atoms with van der Waals surface area (Å²) in [4.78, 5) is 17.4. The third-order valence-electron chi connectivity index (χ3n) is 4.41. The Hall–Kier alpha value is -2.22. The molecule has 1 fully saturated rings. The zero-order chi connectivity index (χ0) is 20.0. The van der Waals surface area contributed by atoms with Crippen LogP contribution in [0.25, 0.3) is 0 Å². The molecular formula is C20H21F3N2O2S. The first-order valence-corrected chi connectivity index (χ1v) is 10.1. The molecule has 28 heavy (non-hydrogen) atoms. The monoisotopic (exact) mass is 410 g/mol. The number of rotatable bonds is 6. The van der Waals surface area contributed by atoms with Gasteiger partial charge < -0.3 is 10.1 Å². The molecule has 3 rings (SSSR count). The molecule has 1 aromatic carbocycles. The molecule has 4 nitrogen and oxygen atoms in total. The average molecular weight is 410 g/mol. The summed E-state index contributed by atoms with van der Waals surface area (Å²) in [6.07, 6.45) is 0.755. The third kappa shape index (κ3) is 6.44. The molecule has 0 spiro atoms. The summed E-state index contributed by atoms with van der Waals surface area (Å²) in [5, 5.41) is 3.03. The lowest BCUT2D eigenvalue weighted by Crippen LogP contribution is -2.36. The molecule has 150 valence electrons. The van der Waals surface area contributed by atoms with Gasteiger partial charge in [0.25, 0.3) is 5.91 Å². The van der Waals surface area contributed by atoms with Crippen molar-refractivity contribution >= 4 is 17.7 Å². The Labute approximate surface area is 165 Å². The minimum Gasteiger partial charge on any atom is -0.406 e. The van der Waals surface area contributed by atoms with Gasteiger partial charge in [-0.25, -0.2) is 4.98 Å². The van der Waals surface area contributed by atoms with E-state index in [-0.39, 0.29) is 17.7 Å². The number of carbonyl (C=O) groups is 1. The summed E-state index contributed by atoms with van der Waals surface area (Å²) >= 11 is 1.33. The maximum atomic E-state index is 12.4. The molecule has 1 saturated carbocycles. The zero-order valence-electron chi connectivity index (χ0n) is 15.2. The first-order valence-electron chi connectivity index (χ1n) is 9.14. The Balaban J connectivity index is 1.58. The lowest BCUT2D eigenvalue weighted by atomic mass is 9.95. The maximum Gasteiger partial charge on any atom is 0.573 e. The summed E-state index contributed by atoms with van der Waals surface area (Å²) in [5.74, 6) is -0.00887. The maximum absolute atomic E-state index is 12.4. The van der Waals surface area contributed by atoms with E-state index in [1.54, 1.807) is 24.3 Å². The highest BCUT2D eigenvalue weighted by Gasteiger charge is 2.31. The van der Waals surface area contributed by atoms with E-state index in [4.69, 9.17) is 0 Å². The summed E-state index contributed by atoms with van der Waals surface area (Å²) in [5.41, 5.74) is 1.04. The number of benzene rings is 1. The molecule has 1 aromatic heterocycles. The number of alkyl halides is 3. The van der Waals surface area contributed by atoms with Crippen LogP contribution in [0.5, 0.6) is 5.75 Å². The first kappa shape index (κ1) is 20.5. The van der Waals surface area contributed by atoms with Gasteiger partial charge >= 0.3 is 6.36 Å². The average Bonchev–Trinajstić information content (AvgIpc) is 2.66. The quantitative estimate of drug-likeness (QED) is 0.654. The van der Waals surface area contributed by atoms with Crippen LogP contribution in [0, 0.1) is 0 Å². The van der Waals surface area contributed by atoms with Crippen molar-refractivity contribution in [2.45, 2.75) is 55.2 Å². The Morgan fingerprint density at radius 2 is 1.89 bits per heavy atom. The van der Waals surface area contributed by atoms with Crippen LogP contribution < -0.4 is 10.1 Å². The van der Waals surface area contributed by atoms with Gasteiger partial charge in [-0.1, -0.05) is 31.4 Å². The number of thioether (sulfide) groups is 1. The minimum atomic E-state index is -4.72. The van der Waals surface area contributed by atoms with Crippen LogP contribution in [0.2, 0.25) is 0 Å². The van der Waals surface area contributed by atoms with Crippen LogP contribution in [0.3, 0.4) is 0 Å². The summed E-state index contributed by atoms with van der Waals surface area (Å²) < 4.78 is 40.9. The molecule has 0 bridgehead atoms. The lowest BCUT2D eigenvalue weighted by molar-refractivity contribution is -0.274. The number of ether oxygens (including phenoxy) is 1. The predicted octanol–water partition coefficient (Wildman–Crippen LogP) is 5.34. The van der Waals surface area contributed by atoms with Crippen LogP contribution in [0.4, 0.5) is 13.2 Å². The van der Waals surface area contributed by atoms with E-state index in [0.29, 0.717) is 22.0 Å². The van der Waals surface area contributed by atoms with Crippen molar-refractivity contribution in [1.82, 2.24) is 10.3 Å². The molecule has 1 heterocycles. The smallest absolute Gasteiger partial charge is 0.406 e. The lowest BCUT2D eigenvalue weighted by Gasteiger charge is -2.22. The fourth-order valence-electron chi connectivity index (χ4n) is 3.11.